The fourth-order valence-electron chi connectivity index (χ4n) is 2.93. The van der Waals surface area contributed by atoms with Crippen LogP contribution in [0.25, 0.3) is 0 Å². The van der Waals surface area contributed by atoms with E-state index in [1.54, 1.807) is 42.5 Å². The number of amides is 2. The summed E-state index contributed by atoms with van der Waals surface area (Å²) in [5.74, 6) is -0.122. The first-order valence-corrected chi connectivity index (χ1v) is 8.53. The largest absolute Gasteiger partial charge is 0.324 e. The molecule has 0 bridgehead atoms. The van der Waals surface area contributed by atoms with E-state index in [0.717, 1.165) is 12.8 Å². The summed E-state index contributed by atoms with van der Waals surface area (Å²) in [7, 11) is 0. The number of nitriles is 1. The molecule has 2 amide bonds. The number of carbonyl (C=O) groups is 2. The molecule has 0 aliphatic heterocycles. The monoisotopic (exact) mass is 345 g/mol. The van der Waals surface area contributed by atoms with Crippen LogP contribution in [0.2, 0.25) is 0 Å². The van der Waals surface area contributed by atoms with Gasteiger partial charge in [-0.05, 0) is 49.1 Å². The van der Waals surface area contributed by atoms with Crippen molar-refractivity contribution in [3.63, 3.8) is 0 Å². The number of carbonyl (C=O) groups excluding carboxylic acids is 2. The van der Waals surface area contributed by atoms with Crippen LogP contribution in [0.3, 0.4) is 0 Å². The van der Waals surface area contributed by atoms with Gasteiger partial charge in [-0.2, -0.15) is 5.26 Å². The lowest BCUT2D eigenvalue weighted by Crippen LogP contribution is -2.18. The number of para-hydroxylation sites is 2. The fourth-order valence-corrected chi connectivity index (χ4v) is 2.93. The van der Waals surface area contributed by atoms with Crippen molar-refractivity contribution in [3.05, 3.63) is 71.8 Å². The Bertz CT molecular complexity index is 896. The van der Waals surface area contributed by atoms with E-state index < -0.39 is 0 Å². The summed E-state index contributed by atoms with van der Waals surface area (Å²) in [6.45, 7) is 0. The Balaban J connectivity index is 1.70. The minimum Gasteiger partial charge on any atom is -0.324 e. The lowest BCUT2D eigenvalue weighted by atomic mass is 10.0. The second kappa shape index (κ2) is 8.13. The van der Waals surface area contributed by atoms with Gasteiger partial charge in [0.1, 0.15) is 0 Å². The van der Waals surface area contributed by atoms with E-state index in [0.29, 0.717) is 28.9 Å². The predicted octanol–water partition coefficient (Wildman–Crippen LogP) is 4.11. The van der Waals surface area contributed by atoms with Gasteiger partial charge in [0.25, 0.3) is 5.91 Å². The highest BCUT2D eigenvalue weighted by Crippen LogP contribution is 2.24. The van der Waals surface area contributed by atoms with Crippen LogP contribution in [-0.4, -0.2) is 11.8 Å². The van der Waals surface area contributed by atoms with E-state index in [-0.39, 0.29) is 17.7 Å². The van der Waals surface area contributed by atoms with Crippen molar-refractivity contribution < 1.29 is 9.59 Å². The Morgan fingerprint density at radius 1 is 1.08 bits per heavy atom. The van der Waals surface area contributed by atoms with Gasteiger partial charge < -0.3 is 10.6 Å². The highest BCUT2D eigenvalue weighted by Gasteiger charge is 2.16. The number of hydrogen-bond donors (Lipinski definition) is 2. The summed E-state index contributed by atoms with van der Waals surface area (Å²) >= 11 is 0. The number of allylic oxidation sites excluding steroid dienone is 2. The molecule has 0 saturated carbocycles. The van der Waals surface area contributed by atoms with Crippen molar-refractivity contribution in [2.45, 2.75) is 19.3 Å². The molecule has 0 radical (unpaired) electrons. The van der Waals surface area contributed by atoms with Crippen LogP contribution >= 0.6 is 0 Å². The molecule has 0 unspecified atom stereocenters. The van der Waals surface area contributed by atoms with E-state index in [1.807, 2.05) is 6.07 Å². The van der Waals surface area contributed by atoms with Crippen molar-refractivity contribution in [2.24, 2.45) is 5.92 Å². The second-order valence-corrected chi connectivity index (χ2v) is 6.21. The summed E-state index contributed by atoms with van der Waals surface area (Å²) < 4.78 is 0. The maximum atomic E-state index is 12.5. The number of benzene rings is 2. The van der Waals surface area contributed by atoms with Gasteiger partial charge in [-0.1, -0.05) is 30.4 Å². The van der Waals surface area contributed by atoms with Gasteiger partial charge >= 0.3 is 0 Å². The molecule has 2 aromatic rings. The standard InChI is InChI=1S/C21H19N3O2/c22-14-16-8-5-9-17(12-16)21(26)24-19-11-4-3-10-18(19)23-20(25)13-15-6-1-2-7-15/h1,3-6,8-12,15H,2,7,13H2,(H,23,25)(H,24,26)/t15-/m1/s1. The lowest BCUT2D eigenvalue weighted by Gasteiger charge is -2.13. The zero-order chi connectivity index (χ0) is 18.4. The van der Waals surface area contributed by atoms with Crippen molar-refractivity contribution in [2.75, 3.05) is 10.6 Å². The van der Waals surface area contributed by atoms with Crippen molar-refractivity contribution in [1.82, 2.24) is 0 Å². The number of nitrogens with one attached hydrogen (secondary N) is 2. The summed E-state index contributed by atoms with van der Waals surface area (Å²) in [6, 6.07) is 15.6. The Labute approximate surface area is 152 Å². The van der Waals surface area contributed by atoms with Crippen LogP contribution in [0.4, 0.5) is 11.4 Å². The third kappa shape index (κ3) is 4.37. The SMILES string of the molecule is N#Cc1cccc(C(=O)Nc2ccccc2NC(=O)C[C@@H]2C=CCC2)c1. The fraction of sp³-hybridized carbons (Fsp3) is 0.190. The van der Waals surface area contributed by atoms with E-state index in [1.165, 1.54) is 6.07 Å². The molecule has 0 fully saturated rings. The molecule has 0 spiro atoms. The summed E-state index contributed by atoms with van der Waals surface area (Å²) in [4.78, 5) is 24.7. The van der Waals surface area contributed by atoms with Gasteiger partial charge in [-0.15, -0.1) is 0 Å². The minimum absolute atomic E-state index is 0.0743. The first kappa shape index (κ1) is 17.4. The predicted molar refractivity (Wildman–Crippen MR) is 101 cm³/mol. The van der Waals surface area contributed by atoms with Gasteiger partial charge in [0, 0.05) is 12.0 Å². The van der Waals surface area contributed by atoms with Crippen molar-refractivity contribution in [3.8, 4) is 6.07 Å². The third-order valence-corrected chi connectivity index (χ3v) is 4.26. The summed E-state index contributed by atoms with van der Waals surface area (Å²) in [5, 5.41) is 14.6. The smallest absolute Gasteiger partial charge is 0.255 e. The summed E-state index contributed by atoms with van der Waals surface area (Å²) in [5.41, 5.74) is 1.89. The molecule has 5 heteroatoms. The van der Waals surface area contributed by atoms with Crippen LogP contribution in [0.5, 0.6) is 0 Å². The maximum Gasteiger partial charge on any atom is 0.255 e. The van der Waals surface area contributed by atoms with Crippen LogP contribution in [0.15, 0.2) is 60.7 Å². The highest BCUT2D eigenvalue weighted by molar-refractivity contribution is 6.07. The molecular formula is C21H19N3O2. The molecular weight excluding hydrogens is 326 g/mol. The van der Waals surface area contributed by atoms with Gasteiger partial charge in [0.05, 0.1) is 23.0 Å². The molecule has 0 aromatic heterocycles. The van der Waals surface area contributed by atoms with Gasteiger partial charge in [-0.3, -0.25) is 9.59 Å². The van der Waals surface area contributed by atoms with Gasteiger partial charge in [-0.25, -0.2) is 0 Å². The number of anilines is 2. The van der Waals surface area contributed by atoms with Crippen LogP contribution < -0.4 is 10.6 Å². The number of hydrogen-bond acceptors (Lipinski definition) is 3. The summed E-state index contributed by atoms with van der Waals surface area (Å²) in [6.07, 6.45) is 6.63. The first-order chi connectivity index (χ1) is 12.7. The zero-order valence-corrected chi connectivity index (χ0v) is 14.2. The van der Waals surface area contributed by atoms with Crippen LogP contribution in [-0.2, 0) is 4.79 Å². The van der Waals surface area contributed by atoms with E-state index in [9.17, 15) is 9.59 Å². The quantitative estimate of drug-likeness (QED) is 0.800. The van der Waals surface area contributed by atoms with Crippen LogP contribution in [0, 0.1) is 17.2 Å². The molecule has 1 atom stereocenters. The van der Waals surface area contributed by atoms with Crippen molar-refractivity contribution >= 4 is 23.2 Å². The lowest BCUT2D eigenvalue weighted by molar-refractivity contribution is -0.116. The molecule has 130 valence electrons. The third-order valence-electron chi connectivity index (χ3n) is 4.26. The topological polar surface area (TPSA) is 82.0 Å². The zero-order valence-electron chi connectivity index (χ0n) is 14.2. The average molecular weight is 345 g/mol. The molecule has 5 nitrogen and oxygen atoms in total. The molecule has 1 aliphatic rings. The molecule has 0 saturated heterocycles. The van der Waals surface area contributed by atoms with Gasteiger partial charge in [0.15, 0.2) is 0 Å². The van der Waals surface area contributed by atoms with Gasteiger partial charge in [0.2, 0.25) is 5.91 Å². The molecule has 3 rings (SSSR count). The van der Waals surface area contributed by atoms with Crippen LogP contribution in [0.1, 0.15) is 35.2 Å². The Hall–Kier alpha value is -3.39. The Morgan fingerprint density at radius 2 is 1.85 bits per heavy atom. The Morgan fingerprint density at radius 3 is 2.54 bits per heavy atom. The minimum atomic E-state index is -0.331. The first-order valence-electron chi connectivity index (χ1n) is 8.53. The number of nitrogens with zero attached hydrogens (tertiary/aromatic N) is 1. The van der Waals surface area contributed by atoms with E-state index in [4.69, 9.17) is 5.26 Å². The molecule has 0 heterocycles. The van der Waals surface area contributed by atoms with E-state index in [2.05, 4.69) is 22.8 Å². The highest BCUT2D eigenvalue weighted by atomic mass is 16.2. The number of rotatable bonds is 5. The second-order valence-electron chi connectivity index (χ2n) is 6.21. The molecule has 26 heavy (non-hydrogen) atoms. The normalized spacial score (nSPS) is 15.3. The van der Waals surface area contributed by atoms with Crippen molar-refractivity contribution in [1.29, 1.82) is 5.26 Å². The molecule has 2 aromatic carbocycles. The molecule has 2 N–H and O–H groups in total. The maximum absolute atomic E-state index is 12.5. The Kier molecular flexibility index (Phi) is 5.45. The molecule has 1 aliphatic carbocycles. The average Bonchev–Trinajstić information content (AvgIpc) is 3.16. The van der Waals surface area contributed by atoms with E-state index >= 15 is 0 Å².